The fraction of sp³-hybridized carbons (Fsp3) is 0.259. The number of nitrogens with zero attached hydrogens (tertiary/aromatic N) is 2. The largest absolute Gasteiger partial charge is 0.493 e. The zero-order chi connectivity index (χ0) is 28.0. The number of aromatic amines is 1. The van der Waals surface area contributed by atoms with E-state index in [0.29, 0.717) is 44.8 Å². The number of amides is 1. The summed E-state index contributed by atoms with van der Waals surface area (Å²) in [6.07, 6.45) is 0. The van der Waals surface area contributed by atoms with Crippen molar-refractivity contribution in [3.05, 3.63) is 63.3 Å². The van der Waals surface area contributed by atoms with Crippen molar-refractivity contribution >= 4 is 56.5 Å². The highest BCUT2D eigenvalue weighted by Gasteiger charge is 2.37. The van der Waals surface area contributed by atoms with Gasteiger partial charge in [0.2, 0.25) is 5.75 Å². The van der Waals surface area contributed by atoms with Crippen molar-refractivity contribution in [1.29, 1.82) is 0 Å². The third kappa shape index (κ3) is 4.06. The van der Waals surface area contributed by atoms with Crippen molar-refractivity contribution in [2.75, 3.05) is 45.8 Å². The van der Waals surface area contributed by atoms with Crippen molar-refractivity contribution in [2.24, 2.45) is 0 Å². The van der Waals surface area contributed by atoms with E-state index in [1.165, 1.54) is 45.5 Å². The molecule has 1 atom stereocenters. The van der Waals surface area contributed by atoms with Crippen LogP contribution >= 0.6 is 11.6 Å². The monoisotopic (exact) mass is 553 g/mol. The lowest BCUT2D eigenvalue weighted by atomic mass is 9.94. The molecule has 0 saturated carbocycles. The summed E-state index contributed by atoms with van der Waals surface area (Å²) in [6, 6.07) is 9.35. The standard InChI is InChI=1S/C27H24ClN3O8/c1-36-21-9-14-8-18(29-23(14)25(38-3)24(21)37-2)26(32)30-12-15(11-28)22-16-6-5-13(27(33)39-4)7-17(16)19(31(34)35)10-20(22)30/h5-10,15,29H,11-12H2,1-4H3. The van der Waals surface area contributed by atoms with Crippen LogP contribution in [0.1, 0.15) is 32.3 Å². The minimum absolute atomic E-state index is 0.178. The number of nitro groups is 1. The van der Waals surface area contributed by atoms with E-state index in [-0.39, 0.29) is 40.7 Å². The lowest BCUT2D eigenvalue weighted by Gasteiger charge is -2.17. The van der Waals surface area contributed by atoms with Gasteiger partial charge in [-0.1, -0.05) is 6.07 Å². The Morgan fingerprint density at radius 1 is 1.05 bits per heavy atom. The maximum atomic E-state index is 13.9. The first-order chi connectivity index (χ1) is 18.8. The van der Waals surface area contributed by atoms with E-state index in [1.807, 2.05) is 0 Å². The van der Waals surface area contributed by atoms with E-state index in [1.54, 1.807) is 24.3 Å². The number of non-ortho nitro benzene ring substituents is 1. The normalized spacial score (nSPS) is 14.4. The first-order valence-corrected chi connectivity index (χ1v) is 12.3. The average molecular weight is 554 g/mol. The highest BCUT2D eigenvalue weighted by molar-refractivity contribution is 6.19. The van der Waals surface area contributed by atoms with Crippen LogP contribution in [0.3, 0.4) is 0 Å². The summed E-state index contributed by atoms with van der Waals surface area (Å²) in [4.78, 5) is 42.1. The number of nitrogens with one attached hydrogen (secondary N) is 1. The first kappa shape index (κ1) is 26.1. The molecule has 11 nitrogen and oxygen atoms in total. The zero-order valence-corrected chi connectivity index (χ0v) is 22.2. The topological polar surface area (TPSA) is 133 Å². The van der Waals surface area contributed by atoms with Gasteiger partial charge >= 0.3 is 5.97 Å². The molecule has 39 heavy (non-hydrogen) atoms. The summed E-state index contributed by atoms with van der Waals surface area (Å²) in [5.41, 5.74) is 1.80. The number of H-pyrrole nitrogens is 1. The Hall–Kier alpha value is -4.51. The number of carbonyl (C=O) groups is 2. The molecule has 0 bridgehead atoms. The number of anilines is 1. The van der Waals surface area contributed by atoms with Crippen molar-refractivity contribution in [3.63, 3.8) is 0 Å². The molecule has 1 aliphatic rings. The summed E-state index contributed by atoms with van der Waals surface area (Å²) >= 11 is 6.33. The van der Waals surface area contributed by atoms with E-state index in [4.69, 9.17) is 30.5 Å². The van der Waals surface area contributed by atoms with Crippen molar-refractivity contribution in [1.82, 2.24) is 4.98 Å². The zero-order valence-electron chi connectivity index (χ0n) is 21.5. The van der Waals surface area contributed by atoms with Gasteiger partial charge < -0.3 is 28.8 Å². The second-order valence-electron chi connectivity index (χ2n) is 8.90. The Bertz CT molecular complexity index is 1660. The SMILES string of the molecule is COC(=O)c1ccc2c3c(cc([N+](=O)[O-])c2c1)N(C(=O)c1cc2cc(OC)c(OC)c(OC)c2[nH]1)CC3CCl. The van der Waals surface area contributed by atoms with Crippen molar-refractivity contribution in [3.8, 4) is 17.2 Å². The quantitative estimate of drug-likeness (QED) is 0.146. The molecule has 12 heteroatoms. The molecule has 1 aromatic heterocycles. The van der Waals surface area contributed by atoms with Crippen LogP contribution in [0.2, 0.25) is 0 Å². The number of rotatable bonds is 7. The van der Waals surface area contributed by atoms with E-state index in [0.717, 1.165) is 0 Å². The van der Waals surface area contributed by atoms with E-state index in [9.17, 15) is 19.7 Å². The predicted octanol–water partition coefficient (Wildman–Crippen LogP) is 5.02. The third-order valence-electron chi connectivity index (χ3n) is 6.94. The Balaban J connectivity index is 1.67. The average Bonchev–Trinajstić information content (AvgIpc) is 3.55. The molecule has 0 radical (unpaired) electrons. The number of fused-ring (bicyclic) bond motifs is 4. The number of alkyl halides is 1. The highest BCUT2D eigenvalue weighted by atomic mass is 35.5. The Morgan fingerprint density at radius 2 is 1.79 bits per heavy atom. The second-order valence-corrected chi connectivity index (χ2v) is 9.21. The fourth-order valence-corrected chi connectivity index (χ4v) is 5.45. The number of halogens is 1. The number of benzene rings is 3. The first-order valence-electron chi connectivity index (χ1n) is 11.8. The molecule has 1 amide bonds. The minimum atomic E-state index is -0.611. The van der Waals surface area contributed by atoms with Crippen LogP contribution in [0.25, 0.3) is 21.7 Å². The van der Waals surface area contributed by atoms with Gasteiger partial charge in [-0.2, -0.15) is 0 Å². The molecule has 3 aromatic carbocycles. The Kier molecular flexibility index (Phi) is 6.69. The minimum Gasteiger partial charge on any atom is -0.493 e. The molecule has 0 fully saturated rings. The highest BCUT2D eigenvalue weighted by Crippen LogP contribution is 2.47. The van der Waals surface area contributed by atoms with Gasteiger partial charge in [0.15, 0.2) is 11.5 Å². The number of esters is 1. The predicted molar refractivity (Wildman–Crippen MR) is 145 cm³/mol. The summed E-state index contributed by atoms with van der Waals surface area (Å²) in [7, 11) is 5.71. The molecule has 1 N–H and O–H groups in total. The Labute approximate surface area is 227 Å². The van der Waals surface area contributed by atoms with Crippen LogP contribution in [0.15, 0.2) is 36.4 Å². The molecule has 0 spiro atoms. The van der Waals surface area contributed by atoms with Gasteiger partial charge in [0.1, 0.15) is 5.69 Å². The van der Waals surface area contributed by atoms with Gasteiger partial charge in [0.25, 0.3) is 11.6 Å². The van der Waals surface area contributed by atoms with Gasteiger partial charge in [-0.3, -0.25) is 14.9 Å². The van der Waals surface area contributed by atoms with Crippen LogP contribution in [0.4, 0.5) is 11.4 Å². The molecule has 0 aliphatic carbocycles. The number of ether oxygens (including phenoxy) is 4. The van der Waals surface area contributed by atoms with Gasteiger partial charge in [-0.05, 0) is 35.2 Å². The lowest BCUT2D eigenvalue weighted by Crippen LogP contribution is -2.30. The summed E-state index contributed by atoms with van der Waals surface area (Å²) in [6.45, 7) is 0.214. The number of carbonyl (C=O) groups excluding carboxylic acids is 2. The number of hydrogen-bond donors (Lipinski definition) is 1. The molecule has 202 valence electrons. The molecule has 4 aromatic rings. The van der Waals surface area contributed by atoms with Crippen molar-refractivity contribution in [2.45, 2.75) is 5.92 Å². The van der Waals surface area contributed by atoms with Crippen LogP contribution in [0, 0.1) is 10.1 Å². The summed E-state index contributed by atoms with van der Waals surface area (Å²) < 4.78 is 21.2. The number of aromatic nitrogens is 1. The molecule has 0 saturated heterocycles. The number of nitro benzene ring substituents is 1. The molecule has 1 unspecified atom stereocenters. The molecule has 5 rings (SSSR count). The molecular formula is C27H24ClN3O8. The van der Waals surface area contributed by atoms with Gasteiger partial charge in [0, 0.05) is 29.8 Å². The van der Waals surface area contributed by atoms with Gasteiger partial charge in [0.05, 0.1) is 55.5 Å². The van der Waals surface area contributed by atoms with Crippen LogP contribution in [-0.2, 0) is 4.74 Å². The van der Waals surface area contributed by atoms with Gasteiger partial charge in [-0.15, -0.1) is 11.6 Å². The van der Waals surface area contributed by atoms with Crippen LogP contribution in [-0.4, -0.2) is 62.6 Å². The maximum Gasteiger partial charge on any atom is 0.337 e. The Morgan fingerprint density at radius 3 is 2.41 bits per heavy atom. The number of methoxy groups -OCH3 is 4. The fourth-order valence-electron chi connectivity index (χ4n) is 5.20. The smallest absolute Gasteiger partial charge is 0.337 e. The van der Waals surface area contributed by atoms with Crippen molar-refractivity contribution < 1.29 is 33.5 Å². The van der Waals surface area contributed by atoms with E-state index in [2.05, 4.69) is 4.98 Å². The molecule has 2 heterocycles. The van der Waals surface area contributed by atoms with Gasteiger partial charge in [-0.25, -0.2) is 4.79 Å². The van der Waals surface area contributed by atoms with E-state index >= 15 is 0 Å². The third-order valence-corrected chi connectivity index (χ3v) is 7.31. The lowest BCUT2D eigenvalue weighted by molar-refractivity contribution is -0.383. The van der Waals surface area contributed by atoms with E-state index < -0.39 is 16.8 Å². The molecular weight excluding hydrogens is 530 g/mol. The van der Waals surface area contributed by atoms with Crippen LogP contribution in [0.5, 0.6) is 17.2 Å². The number of hydrogen-bond acceptors (Lipinski definition) is 8. The second kappa shape index (κ2) is 9.99. The molecule has 1 aliphatic heterocycles. The van der Waals surface area contributed by atoms with Crippen LogP contribution < -0.4 is 19.1 Å². The summed E-state index contributed by atoms with van der Waals surface area (Å²) in [5, 5.41) is 13.5. The maximum absolute atomic E-state index is 13.9. The summed E-state index contributed by atoms with van der Waals surface area (Å²) in [5.74, 6) is 0.0424.